The molecule has 0 spiro atoms. The first kappa shape index (κ1) is 14.9. The molecule has 0 bridgehead atoms. The molecule has 1 fully saturated rings. The summed E-state index contributed by atoms with van der Waals surface area (Å²) in [5.41, 5.74) is 7.04. The molecule has 0 aliphatic carbocycles. The first-order valence-corrected chi connectivity index (χ1v) is 7.48. The average molecular weight is 330 g/mol. The SMILES string of the molecule is CN1CCCN(C(CN)c2ccc(F)cc2Br)CC1. The van der Waals surface area contributed by atoms with Gasteiger partial charge in [-0.1, -0.05) is 22.0 Å². The minimum atomic E-state index is -0.220. The molecule has 19 heavy (non-hydrogen) atoms. The summed E-state index contributed by atoms with van der Waals surface area (Å²) in [6.07, 6.45) is 1.14. The summed E-state index contributed by atoms with van der Waals surface area (Å²) in [7, 11) is 2.15. The minimum absolute atomic E-state index is 0.154. The van der Waals surface area contributed by atoms with E-state index in [-0.39, 0.29) is 11.9 Å². The highest BCUT2D eigenvalue weighted by molar-refractivity contribution is 9.10. The third-order valence-corrected chi connectivity index (χ3v) is 4.43. The number of hydrogen-bond acceptors (Lipinski definition) is 3. The Labute approximate surface area is 122 Å². The predicted octanol–water partition coefficient (Wildman–Crippen LogP) is 2.23. The van der Waals surface area contributed by atoms with Crippen molar-refractivity contribution in [3.63, 3.8) is 0 Å². The lowest BCUT2D eigenvalue weighted by molar-refractivity contribution is 0.207. The lowest BCUT2D eigenvalue weighted by Gasteiger charge is -2.30. The van der Waals surface area contributed by atoms with Gasteiger partial charge in [0.2, 0.25) is 0 Å². The third kappa shape index (κ3) is 3.75. The largest absolute Gasteiger partial charge is 0.329 e. The van der Waals surface area contributed by atoms with Crippen LogP contribution in [0.5, 0.6) is 0 Å². The van der Waals surface area contributed by atoms with Gasteiger partial charge in [-0.3, -0.25) is 4.90 Å². The molecular weight excluding hydrogens is 309 g/mol. The first-order chi connectivity index (χ1) is 9.11. The molecule has 106 valence electrons. The summed E-state index contributed by atoms with van der Waals surface area (Å²) < 4.78 is 14.0. The van der Waals surface area contributed by atoms with Crippen molar-refractivity contribution in [2.24, 2.45) is 5.73 Å². The predicted molar refractivity (Wildman–Crippen MR) is 79.6 cm³/mol. The van der Waals surface area contributed by atoms with Crippen LogP contribution < -0.4 is 5.73 Å². The van der Waals surface area contributed by atoms with Gasteiger partial charge in [0.1, 0.15) is 5.82 Å². The maximum atomic E-state index is 13.2. The van der Waals surface area contributed by atoms with Gasteiger partial charge in [-0.25, -0.2) is 4.39 Å². The quantitative estimate of drug-likeness (QED) is 0.922. The summed E-state index contributed by atoms with van der Waals surface area (Å²) in [5.74, 6) is -0.220. The van der Waals surface area contributed by atoms with E-state index in [0.29, 0.717) is 6.54 Å². The van der Waals surface area contributed by atoms with Crippen molar-refractivity contribution >= 4 is 15.9 Å². The van der Waals surface area contributed by atoms with Crippen LogP contribution in [0.1, 0.15) is 18.0 Å². The van der Waals surface area contributed by atoms with E-state index in [2.05, 4.69) is 32.8 Å². The molecular formula is C14H21BrFN3. The van der Waals surface area contributed by atoms with Gasteiger partial charge in [0.05, 0.1) is 0 Å². The van der Waals surface area contributed by atoms with E-state index in [0.717, 1.165) is 42.6 Å². The van der Waals surface area contributed by atoms with Crippen molar-refractivity contribution in [2.75, 3.05) is 39.8 Å². The molecule has 2 N–H and O–H groups in total. The van der Waals surface area contributed by atoms with Crippen LogP contribution in [0, 0.1) is 5.82 Å². The van der Waals surface area contributed by atoms with Gasteiger partial charge in [-0.05, 0) is 37.7 Å². The Bertz CT molecular complexity index is 427. The molecule has 1 aromatic carbocycles. The topological polar surface area (TPSA) is 32.5 Å². The van der Waals surface area contributed by atoms with Crippen molar-refractivity contribution in [2.45, 2.75) is 12.5 Å². The smallest absolute Gasteiger partial charge is 0.124 e. The van der Waals surface area contributed by atoms with Crippen molar-refractivity contribution in [1.82, 2.24) is 9.80 Å². The lowest BCUT2D eigenvalue weighted by Crippen LogP contribution is -2.36. The summed E-state index contributed by atoms with van der Waals surface area (Å²) in [4.78, 5) is 4.74. The molecule has 1 aliphatic heterocycles. The van der Waals surface area contributed by atoms with Crippen molar-refractivity contribution < 1.29 is 4.39 Å². The Morgan fingerprint density at radius 3 is 2.79 bits per heavy atom. The van der Waals surface area contributed by atoms with Crippen LogP contribution in [-0.4, -0.2) is 49.6 Å². The van der Waals surface area contributed by atoms with Crippen LogP contribution in [0.2, 0.25) is 0 Å². The van der Waals surface area contributed by atoms with E-state index in [1.807, 2.05) is 6.07 Å². The van der Waals surface area contributed by atoms with Gasteiger partial charge < -0.3 is 10.6 Å². The molecule has 5 heteroatoms. The Balaban J connectivity index is 2.18. The average Bonchev–Trinajstić information content (AvgIpc) is 2.58. The number of halogens is 2. The van der Waals surface area contributed by atoms with Crippen LogP contribution in [-0.2, 0) is 0 Å². The van der Waals surface area contributed by atoms with Gasteiger partial charge >= 0.3 is 0 Å². The maximum Gasteiger partial charge on any atom is 0.124 e. The highest BCUT2D eigenvalue weighted by atomic mass is 79.9. The molecule has 1 heterocycles. The number of nitrogens with two attached hydrogens (primary N) is 1. The lowest BCUT2D eigenvalue weighted by atomic mass is 10.0. The van der Waals surface area contributed by atoms with E-state index in [4.69, 9.17) is 5.73 Å². The van der Waals surface area contributed by atoms with Gasteiger partial charge in [0, 0.05) is 36.7 Å². The van der Waals surface area contributed by atoms with Gasteiger partial charge in [-0.2, -0.15) is 0 Å². The summed E-state index contributed by atoms with van der Waals surface area (Å²) in [6.45, 7) is 4.76. The van der Waals surface area contributed by atoms with Crippen LogP contribution >= 0.6 is 15.9 Å². The molecule has 0 radical (unpaired) electrons. The Morgan fingerprint density at radius 1 is 1.32 bits per heavy atom. The zero-order valence-electron chi connectivity index (χ0n) is 11.3. The summed E-state index contributed by atoms with van der Waals surface area (Å²) in [5, 5.41) is 0. The normalized spacial score (nSPS) is 20.2. The molecule has 0 aromatic heterocycles. The van der Waals surface area contributed by atoms with Gasteiger partial charge in [0.25, 0.3) is 0 Å². The number of nitrogens with zero attached hydrogens (tertiary/aromatic N) is 2. The highest BCUT2D eigenvalue weighted by Crippen LogP contribution is 2.28. The molecule has 0 saturated carbocycles. The fraction of sp³-hybridized carbons (Fsp3) is 0.571. The minimum Gasteiger partial charge on any atom is -0.329 e. The van der Waals surface area contributed by atoms with E-state index in [9.17, 15) is 4.39 Å². The molecule has 1 unspecified atom stereocenters. The van der Waals surface area contributed by atoms with E-state index in [1.165, 1.54) is 12.1 Å². The molecule has 1 atom stereocenters. The second-order valence-corrected chi connectivity index (χ2v) is 5.96. The number of rotatable bonds is 3. The maximum absolute atomic E-state index is 13.2. The fourth-order valence-electron chi connectivity index (χ4n) is 2.62. The first-order valence-electron chi connectivity index (χ1n) is 6.69. The van der Waals surface area contributed by atoms with Gasteiger partial charge in [0.15, 0.2) is 0 Å². The zero-order valence-corrected chi connectivity index (χ0v) is 12.9. The highest BCUT2D eigenvalue weighted by Gasteiger charge is 2.23. The molecule has 2 rings (SSSR count). The van der Waals surface area contributed by atoms with Gasteiger partial charge in [-0.15, -0.1) is 0 Å². The van der Waals surface area contributed by atoms with E-state index in [1.54, 1.807) is 0 Å². The Hall–Kier alpha value is -0.490. The molecule has 0 amide bonds. The van der Waals surface area contributed by atoms with Crippen LogP contribution in [0.3, 0.4) is 0 Å². The molecule has 1 aromatic rings. The summed E-state index contributed by atoms with van der Waals surface area (Å²) >= 11 is 3.45. The van der Waals surface area contributed by atoms with E-state index >= 15 is 0 Å². The number of hydrogen-bond donors (Lipinski definition) is 1. The second kappa shape index (κ2) is 6.79. The molecule has 3 nitrogen and oxygen atoms in total. The van der Waals surface area contributed by atoms with Crippen molar-refractivity contribution in [1.29, 1.82) is 0 Å². The monoisotopic (exact) mass is 329 g/mol. The van der Waals surface area contributed by atoms with Crippen LogP contribution in [0.25, 0.3) is 0 Å². The van der Waals surface area contributed by atoms with Crippen molar-refractivity contribution in [3.05, 3.63) is 34.1 Å². The van der Waals surface area contributed by atoms with E-state index < -0.39 is 0 Å². The number of benzene rings is 1. The molecule has 1 aliphatic rings. The third-order valence-electron chi connectivity index (χ3n) is 3.74. The van der Waals surface area contributed by atoms with Crippen molar-refractivity contribution in [3.8, 4) is 0 Å². The van der Waals surface area contributed by atoms with Crippen LogP contribution in [0.4, 0.5) is 4.39 Å². The Morgan fingerprint density at radius 2 is 2.11 bits per heavy atom. The van der Waals surface area contributed by atoms with Crippen LogP contribution in [0.15, 0.2) is 22.7 Å². The number of likely N-dealkylation sites (N-methyl/N-ethyl adjacent to an activating group) is 1. The zero-order chi connectivity index (χ0) is 13.8. The Kier molecular flexibility index (Phi) is 5.33. The molecule has 1 saturated heterocycles. The second-order valence-electron chi connectivity index (χ2n) is 5.11. The fourth-order valence-corrected chi connectivity index (χ4v) is 3.24. The summed E-state index contributed by atoms with van der Waals surface area (Å²) in [6, 6.07) is 5.02. The standard InChI is InChI=1S/C14H21BrFN3/c1-18-5-2-6-19(8-7-18)14(10-17)12-4-3-11(16)9-13(12)15/h3-4,9,14H,2,5-8,10,17H2,1H3.